The predicted molar refractivity (Wildman–Crippen MR) is 84.1 cm³/mol. The number of Topliss-reactive ketones (excluding diaryl/α,β-unsaturated/α-hetero) is 1. The third-order valence-corrected chi connectivity index (χ3v) is 8.44. The number of carbonyl (C=O) groups excluding carboxylic acids is 1. The minimum absolute atomic E-state index is 0.0465. The van der Waals surface area contributed by atoms with Crippen LogP contribution in [0.3, 0.4) is 0 Å². The number of aliphatic hydroxyl groups excluding tert-OH is 2. The Kier molecular flexibility index (Phi) is 3.30. The van der Waals surface area contributed by atoms with Gasteiger partial charge in [-0.2, -0.15) is 0 Å². The summed E-state index contributed by atoms with van der Waals surface area (Å²) in [6, 6.07) is 0. The molecule has 1 unspecified atom stereocenters. The van der Waals surface area contributed by atoms with Crippen molar-refractivity contribution in [3.63, 3.8) is 0 Å². The van der Waals surface area contributed by atoms with Gasteiger partial charge in [-0.3, -0.25) is 4.79 Å². The van der Waals surface area contributed by atoms with Crippen LogP contribution in [0.15, 0.2) is 0 Å². The highest BCUT2D eigenvalue weighted by Crippen LogP contribution is 2.65. The van der Waals surface area contributed by atoms with Gasteiger partial charge in [0.05, 0.1) is 12.2 Å². The Bertz CT molecular complexity index is 489. The van der Waals surface area contributed by atoms with E-state index in [9.17, 15) is 15.0 Å². The van der Waals surface area contributed by atoms with Crippen LogP contribution < -0.4 is 0 Å². The van der Waals surface area contributed by atoms with Gasteiger partial charge in [0.25, 0.3) is 0 Å². The lowest BCUT2D eigenvalue weighted by Gasteiger charge is -2.61. The summed E-state index contributed by atoms with van der Waals surface area (Å²) in [5.74, 6) is 2.63. The summed E-state index contributed by atoms with van der Waals surface area (Å²) < 4.78 is 0. The average Bonchev–Trinajstić information content (AvgIpc) is 2.77. The standard InChI is InChI=1S/C19H30O3/c1-18-8-7-15-13(14(18)5-6-16(18)21)4-3-11-9-12(20)10-17(22)19(11,15)2/h11-15,17,20,22H,3-10H2,1-2H3/t11-,12+,13+,14+,15+,17?,18+,19+/m1/s1. The highest BCUT2D eigenvalue weighted by Gasteiger charge is 2.62. The fourth-order valence-electron chi connectivity index (χ4n) is 7.07. The Hall–Kier alpha value is -0.410. The van der Waals surface area contributed by atoms with E-state index in [2.05, 4.69) is 13.8 Å². The molecule has 3 heteroatoms. The molecule has 0 aliphatic heterocycles. The zero-order valence-corrected chi connectivity index (χ0v) is 13.9. The SMILES string of the molecule is C[C@]12C(O)C[C@@H](O)C[C@H]1CC[C@@H]1[C@@H]2CC[C@]2(C)C(=O)CC[C@@H]12. The number of rotatable bonds is 0. The quantitative estimate of drug-likeness (QED) is 0.723. The van der Waals surface area contributed by atoms with Gasteiger partial charge in [-0.15, -0.1) is 0 Å². The van der Waals surface area contributed by atoms with Crippen LogP contribution in [0.1, 0.15) is 65.2 Å². The molecule has 0 spiro atoms. The van der Waals surface area contributed by atoms with Gasteiger partial charge in [0.2, 0.25) is 0 Å². The Labute approximate surface area is 133 Å². The molecule has 124 valence electrons. The Morgan fingerprint density at radius 2 is 1.77 bits per heavy atom. The molecule has 4 aliphatic carbocycles. The van der Waals surface area contributed by atoms with Gasteiger partial charge in [-0.1, -0.05) is 13.8 Å². The molecular formula is C19H30O3. The summed E-state index contributed by atoms with van der Waals surface area (Å²) in [5.41, 5.74) is -0.126. The van der Waals surface area contributed by atoms with Crippen molar-refractivity contribution in [2.45, 2.75) is 77.4 Å². The second kappa shape index (κ2) is 4.80. The molecule has 4 rings (SSSR count). The summed E-state index contributed by atoms with van der Waals surface area (Å²) in [6.45, 7) is 4.49. The molecule has 8 atom stereocenters. The van der Waals surface area contributed by atoms with E-state index >= 15 is 0 Å². The van der Waals surface area contributed by atoms with Crippen molar-refractivity contribution in [2.75, 3.05) is 0 Å². The maximum atomic E-state index is 12.4. The first-order valence-electron chi connectivity index (χ1n) is 9.26. The zero-order valence-electron chi connectivity index (χ0n) is 13.9. The lowest BCUT2D eigenvalue weighted by Crippen LogP contribution is -2.59. The van der Waals surface area contributed by atoms with Crippen molar-refractivity contribution in [3.8, 4) is 0 Å². The maximum absolute atomic E-state index is 12.4. The predicted octanol–water partition coefficient (Wildman–Crippen LogP) is 2.93. The van der Waals surface area contributed by atoms with Crippen molar-refractivity contribution in [1.29, 1.82) is 0 Å². The lowest BCUT2D eigenvalue weighted by atomic mass is 9.44. The van der Waals surface area contributed by atoms with E-state index < -0.39 is 0 Å². The highest BCUT2D eigenvalue weighted by atomic mass is 16.3. The molecule has 0 aromatic rings. The second-order valence-electron chi connectivity index (χ2n) is 9.08. The van der Waals surface area contributed by atoms with Gasteiger partial charge in [0.15, 0.2) is 0 Å². The van der Waals surface area contributed by atoms with Crippen LogP contribution in [0.25, 0.3) is 0 Å². The van der Waals surface area contributed by atoms with Crippen LogP contribution in [0.2, 0.25) is 0 Å². The summed E-state index contributed by atoms with van der Waals surface area (Å²) in [6.07, 6.45) is 6.93. The number of ketones is 1. The molecule has 22 heavy (non-hydrogen) atoms. The maximum Gasteiger partial charge on any atom is 0.139 e. The number of hydrogen-bond acceptors (Lipinski definition) is 3. The normalized spacial score (nSPS) is 57.9. The summed E-state index contributed by atoms with van der Waals surface area (Å²) in [5, 5.41) is 20.9. The fraction of sp³-hybridized carbons (Fsp3) is 0.947. The van der Waals surface area contributed by atoms with E-state index in [0.29, 0.717) is 35.9 Å². The van der Waals surface area contributed by atoms with Crippen molar-refractivity contribution >= 4 is 5.78 Å². The average molecular weight is 306 g/mol. The molecule has 2 N–H and O–H groups in total. The minimum atomic E-state index is -0.379. The second-order valence-corrected chi connectivity index (χ2v) is 9.08. The molecule has 3 nitrogen and oxygen atoms in total. The monoisotopic (exact) mass is 306 g/mol. The molecule has 0 amide bonds. The topological polar surface area (TPSA) is 57.5 Å². The van der Waals surface area contributed by atoms with Crippen molar-refractivity contribution in [3.05, 3.63) is 0 Å². The first kappa shape index (κ1) is 15.1. The molecular weight excluding hydrogens is 276 g/mol. The van der Waals surface area contributed by atoms with Crippen LogP contribution in [-0.4, -0.2) is 28.2 Å². The smallest absolute Gasteiger partial charge is 0.139 e. The molecule has 0 bridgehead atoms. The van der Waals surface area contributed by atoms with E-state index in [4.69, 9.17) is 0 Å². The van der Waals surface area contributed by atoms with Crippen molar-refractivity contribution < 1.29 is 15.0 Å². The van der Waals surface area contributed by atoms with Gasteiger partial charge in [0, 0.05) is 11.8 Å². The van der Waals surface area contributed by atoms with Gasteiger partial charge >= 0.3 is 0 Å². The minimum Gasteiger partial charge on any atom is -0.393 e. The van der Waals surface area contributed by atoms with E-state index in [1.807, 2.05) is 0 Å². The van der Waals surface area contributed by atoms with Gasteiger partial charge in [-0.05, 0) is 74.0 Å². The van der Waals surface area contributed by atoms with Gasteiger partial charge in [0.1, 0.15) is 5.78 Å². The first-order valence-corrected chi connectivity index (χ1v) is 9.26. The molecule has 0 radical (unpaired) electrons. The van der Waals surface area contributed by atoms with Crippen LogP contribution in [0, 0.1) is 34.5 Å². The van der Waals surface area contributed by atoms with Crippen molar-refractivity contribution in [1.82, 2.24) is 0 Å². The van der Waals surface area contributed by atoms with Gasteiger partial charge < -0.3 is 10.2 Å². The van der Waals surface area contributed by atoms with Gasteiger partial charge in [-0.25, -0.2) is 0 Å². The summed E-state index contributed by atoms with van der Waals surface area (Å²) >= 11 is 0. The third-order valence-electron chi connectivity index (χ3n) is 8.44. The molecule has 4 aliphatic rings. The molecule has 0 aromatic carbocycles. The molecule has 0 aromatic heterocycles. The Morgan fingerprint density at radius 1 is 1.00 bits per heavy atom. The van der Waals surface area contributed by atoms with E-state index in [1.54, 1.807) is 0 Å². The van der Waals surface area contributed by atoms with Crippen LogP contribution in [0.4, 0.5) is 0 Å². The van der Waals surface area contributed by atoms with Crippen LogP contribution in [-0.2, 0) is 4.79 Å². The van der Waals surface area contributed by atoms with E-state index in [1.165, 1.54) is 6.42 Å². The molecule has 4 fully saturated rings. The lowest BCUT2D eigenvalue weighted by molar-refractivity contribution is -0.179. The van der Waals surface area contributed by atoms with Crippen molar-refractivity contribution in [2.24, 2.45) is 34.5 Å². The Balaban J connectivity index is 1.67. The Morgan fingerprint density at radius 3 is 2.55 bits per heavy atom. The molecule has 0 saturated heterocycles. The van der Waals surface area contributed by atoms with Crippen LogP contribution >= 0.6 is 0 Å². The summed E-state index contributed by atoms with van der Waals surface area (Å²) in [4.78, 5) is 12.4. The highest BCUT2D eigenvalue weighted by molar-refractivity contribution is 5.87. The van der Waals surface area contributed by atoms with E-state index in [-0.39, 0.29) is 23.0 Å². The molecule has 4 saturated carbocycles. The summed E-state index contributed by atoms with van der Waals surface area (Å²) in [7, 11) is 0. The number of fused-ring (bicyclic) bond motifs is 5. The van der Waals surface area contributed by atoms with E-state index in [0.717, 1.165) is 38.5 Å². The zero-order chi connectivity index (χ0) is 15.7. The number of aliphatic hydroxyl groups is 2. The fourth-order valence-corrected chi connectivity index (χ4v) is 7.07. The third kappa shape index (κ3) is 1.78. The largest absolute Gasteiger partial charge is 0.393 e. The number of carbonyl (C=O) groups is 1. The number of hydrogen-bond donors (Lipinski definition) is 2. The van der Waals surface area contributed by atoms with Crippen LogP contribution in [0.5, 0.6) is 0 Å². The first-order chi connectivity index (χ1) is 10.4. The molecule has 0 heterocycles.